The van der Waals surface area contributed by atoms with Crippen LogP contribution in [0.4, 0.5) is 0 Å². The summed E-state index contributed by atoms with van der Waals surface area (Å²) >= 11 is 0. The summed E-state index contributed by atoms with van der Waals surface area (Å²) in [6, 6.07) is 0. The van der Waals surface area contributed by atoms with E-state index in [-0.39, 0.29) is 11.8 Å². The molecule has 0 heterocycles. The summed E-state index contributed by atoms with van der Waals surface area (Å²) in [4.78, 5) is 0. The molecule has 0 saturated heterocycles. The predicted octanol–water partition coefficient (Wildman–Crippen LogP) is 4.11. The Labute approximate surface area is 114 Å². The van der Waals surface area contributed by atoms with Gasteiger partial charge in [-0.25, -0.2) is 0 Å². The van der Waals surface area contributed by atoms with Crippen molar-refractivity contribution in [2.24, 2.45) is 17.6 Å². The number of nitrogens with two attached hydrogens (primary N) is 1. The lowest BCUT2D eigenvalue weighted by Crippen LogP contribution is -2.65. The molecule has 0 radical (unpaired) electrons. The van der Waals surface area contributed by atoms with Crippen molar-refractivity contribution in [3.63, 3.8) is 0 Å². The second kappa shape index (κ2) is 7.49. The average molecular weight is 257 g/mol. The van der Waals surface area contributed by atoms with Crippen LogP contribution < -0.4 is 5.73 Å². The predicted molar refractivity (Wildman–Crippen MR) is 80.6 cm³/mol. The van der Waals surface area contributed by atoms with Gasteiger partial charge < -0.3 is 10.8 Å². The molecule has 1 unspecified atom stereocenters. The van der Waals surface area contributed by atoms with Crippen molar-refractivity contribution in [3.05, 3.63) is 0 Å². The van der Waals surface area contributed by atoms with Crippen molar-refractivity contribution in [1.82, 2.24) is 0 Å². The molecular weight excluding hydrogens is 222 g/mol. The summed E-state index contributed by atoms with van der Waals surface area (Å²) in [6.45, 7) is 12.7. The maximum absolute atomic E-state index is 11.1. The first-order valence-corrected chi connectivity index (χ1v) is 7.77. The third-order valence-electron chi connectivity index (χ3n) is 4.67. The highest BCUT2D eigenvalue weighted by Crippen LogP contribution is 2.40. The van der Waals surface area contributed by atoms with Crippen molar-refractivity contribution < 1.29 is 5.11 Å². The first kappa shape index (κ1) is 17.9. The number of rotatable bonds is 9. The molecule has 110 valence electrons. The fraction of sp³-hybridized carbons (Fsp3) is 1.00. The lowest BCUT2D eigenvalue weighted by molar-refractivity contribution is -0.114. The van der Waals surface area contributed by atoms with Gasteiger partial charge in [-0.1, -0.05) is 67.2 Å². The van der Waals surface area contributed by atoms with Crippen LogP contribution >= 0.6 is 0 Å². The van der Waals surface area contributed by atoms with Gasteiger partial charge in [-0.15, -0.1) is 0 Å². The Morgan fingerprint density at radius 1 is 0.944 bits per heavy atom. The van der Waals surface area contributed by atoms with E-state index in [2.05, 4.69) is 41.5 Å². The summed E-state index contributed by atoms with van der Waals surface area (Å²) in [6.07, 6.45) is 6.62. The minimum atomic E-state index is -0.770. The summed E-state index contributed by atoms with van der Waals surface area (Å²) in [5.41, 5.74) is 5.38. The molecule has 0 fully saturated rings. The van der Waals surface area contributed by atoms with Crippen molar-refractivity contribution in [2.45, 2.75) is 91.2 Å². The Morgan fingerprint density at radius 2 is 1.44 bits per heavy atom. The molecule has 0 spiro atoms. The number of hydrogen-bond donors (Lipinski definition) is 2. The monoisotopic (exact) mass is 257 g/mol. The van der Waals surface area contributed by atoms with Crippen molar-refractivity contribution in [3.8, 4) is 0 Å². The molecular formula is C16H35NO. The molecule has 0 aromatic rings. The second-order valence-corrected chi connectivity index (χ2v) is 6.46. The van der Waals surface area contributed by atoms with Gasteiger partial charge in [0, 0.05) is 5.54 Å². The highest BCUT2D eigenvalue weighted by Gasteiger charge is 2.49. The van der Waals surface area contributed by atoms with E-state index >= 15 is 0 Å². The molecule has 18 heavy (non-hydrogen) atoms. The van der Waals surface area contributed by atoms with Gasteiger partial charge in [-0.2, -0.15) is 0 Å². The lowest BCUT2D eigenvalue weighted by Gasteiger charge is -2.50. The number of hydrogen-bond acceptors (Lipinski definition) is 2. The molecule has 0 bridgehead atoms. The second-order valence-electron chi connectivity index (χ2n) is 6.46. The van der Waals surface area contributed by atoms with Gasteiger partial charge in [0.25, 0.3) is 0 Å². The van der Waals surface area contributed by atoms with Crippen LogP contribution in [-0.4, -0.2) is 16.2 Å². The van der Waals surface area contributed by atoms with Gasteiger partial charge >= 0.3 is 0 Å². The molecule has 0 aliphatic rings. The zero-order valence-electron chi connectivity index (χ0n) is 13.4. The molecule has 3 N–H and O–H groups in total. The summed E-state index contributed by atoms with van der Waals surface area (Å²) in [7, 11) is 0. The van der Waals surface area contributed by atoms with Gasteiger partial charge in [0.1, 0.15) is 0 Å². The zero-order valence-corrected chi connectivity index (χ0v) is 13.4. The first-order chi connectivity index (χ1) is 8.26. The van der Waals surface area contributed by atoms with E-state index in [1.165, 1.54) is 19.3 Å². The van der Waals surface area contributed by atoms with Crippen LogP contribution in [0, 0.1) is 11.8 Å². The molecule has 2 nitrogen and oxygen atoms in total. The van der Waals surface area contributed by atoms with E-state index in [4.69, 9.17) is 5.73 Å². The van der Waals surface area contributed by atoms with E-state index in [9.17, 15) is 5.11 Å². The van der Waals surface area contributed by atoms with Crippen molar-refractivity contribution >= 4 is 0 Å². The molecule has 0 aliphatic carbocycles. The molecule has 0 aliphatic heterocycles. The highest BCUT2D eigenvalue weighted by atomic mass is 16.3. The quantitative estimate of drug-likeness (QED) is 0.611. The topological polar surface area (TPSA) is 46.2 Å². The Balaban J connectivity index is 4.86. The maximum atomic E-state index is 11.1. The van der Waals surface area contributed by atoms with Crippen LogP contribution in [0.25, 0.3) is 0 Å². The van der Waals surface area contributed by atoms with Crippen molar-refractivity contribution in [2.75, 3.05) is 0 Å². The van der Waals surface area contributed by atoms with Gasteiger partial charge in [-0.3, -0.25) is 0 Å². The van der Waals surface area contributed by atoms with E-state index in [0.29, 0.717) is 0 Å². The minimum Gasteiger partial charge on any atom is -0.387 e. The maximum Gasteiger partial charge on any atom is 0.0871 e. The minimum absolute atomic E-state index is 0.189. The smallest absolute Gasteiger partial charge is 0.0871 e. The Hall–Kier alpha value is -0.0800. The zero-order chi connectivity index (χ0) is 14.4. The molecule has 0 aromatic carbocycles. The summed E-state index contributed by atoms with van der Waals surface area (Å²) in [5, 5.41) is 11.1. The molecule has 2 heteroatoms. The van der Waals surface area contributed by atoms with E-state index in [1.807, 2.05) is 0 Å². The van der Waals surface area contributed by atoms with Crippen LogP contribution in [0.3, 0.4) is 0 Å². The van der Waals surface area contributed by atoms with E-state index in [0.717, 1.165) is 19.3 Å². The number of aliphatic hydroxyl groups is 1. The van der Waals surface area contributed by atoms with E-state index < -0.39 is 11.1 Å². The fourth-order valence-electron chi connectivity index (χ4n) is 3.34. The summed E-state index contributed by atoms with van der Waals surface area (Å²) in [5.74, 6) is 0.377. The molecule has 0 saturated carbocycles. The highest BCUT2D eigenvalue weighted by molar-refractivity contribution is 5.06. The summed E-state index contributed by atoms with van der Waals surface area (Å²) < 4.78 is 0. The van der Waals surface area contributed by atoms with Gasteiger partial charge in [0.05, 0.1) is 5.60 Å². The van der Waals surface area contributed by atoms with Crippen LogP contribution in [0.2, 0.25) is 0 Å². The Morgan fingerprint density at radius 3 is 1.78 bits per heavy atom. The van der Waals surface area contributed by atoms with Crippen LogP contribution in [0.15, 0.2) is 0 Å². The van der Waals surface area contributed by atoms with Gasteiger partial charge in [-0.05, 0) is 24.7 Å². The van der Waals surface area contributed by atoms with Crippen LogP contribution in [-0.2, 0) is 0 Å². The average Bonchev–Trinajstić information content (AvgIpc) is 2.32. The molecule has 1 atom stereocenters. The van der Waals surface area contributed by atoms with E-state index in [1.54, 1.807) is 0 Å². The van der Waals surface area contributed by atoms with Crippen LogP contribution in [0.1, 0.15) is 80.1 Å². The number of unbranched alkanes of at least 4 members (excludes halogenated alkanes) is 3. The third-order valence-corrected chi connectivity index (χ3v) is 4.67. The first-order valence-electron chi connectivity index (χ1n) is 7.77. The third kappa shape index (κ3) is 3.71. The van der Waals surface area contributed by atoms with Crippen LogP contribution in [0.5, 0.6) is 0 Å². The largest absolute Gasteiger partial charge is 0.387 e. The van der Waals surface area contributed by atoms with Crippen molar-refractivity contribution in [1.29, 1.82) is 0 Å². The fourth-order valence-corrected chi connectivity index (χ4v) is 3.34. The van der Waals surface area contributed by atoms with Gasteiger partial charge in [0.15, 0.2) is 0 Å². The van der Waals surface area contributed by atoms with Gasteiger partial charge in [0.2, 0.25) is 0 Å². The SMILES string of the molecule is CCCCCCC(N)(CC)C(O)(C(C)C)C(C)C. The molecule has 0 aromatic heterocycles. The molecule has 0 rings (SSSR count). The normalized spacial score (nSPS) is 16.3. The lowest BCUT2D eigenvalue weighted by atomic mass is 9.64. The molecule has 0 amide bonds. The Bertz CT molecular complexity index is 217. The standard InChI is InChI=1S/C16H35NO/c1-7-9-10-11-12-15(17,8-2)16(18,13(3)4)14(5)6/h13-14,18H,7-12,17H2,1-6H3. The Kier molecular flexibility index (Phi) is 7.46.